The van der Waals surface area contributed by atoms with E-state index < -0.39 is 18.0 Å². The summed E-state index contributed by atoms with van der Waals surface area (Å²) in [7, 11) is 0. The predicted molar refractivity (Wildman–Crippen MR) is 102 cm³/mol. The van der Waals surface area contributed by atoms with Crippen LogP contribution in [-0.2, 0) is 4.79 Å². The molecule has 3 N–H and O–H groups in total. The molecule has 2 rings (SSSR count). The first-order valence-corrected chi connectivity index (χ1v) is 8.64. The third-order valence-electron chi connectivity index (χ3n) is 3.43. The van der Waals surface area contributed by atoms with Gasteiger partial charge < -0.3 is 11.1 Å². The topological polar surface area (TPSA) is 55.1 Å². The maximum absolute atomic E-state index is 12.4. The summed E-state index contributed by atoms with van der Waals surface area (Å²) in [4.78, 5) is 12.6. The molecule has 0 bridgehead atoms. The molecule has 0 saturated heterocycles. The summed E-state index contributed by atoms with van der Waals surface area (Å²) in [5.74, 6) is -1.35. The SMILES string of the molecule is Cc1ccc(SCC(F)(F)F)c(NC(=O)CC(N)c2ccccc2)c1.Cl. The second-order valence-corrected chi connectivity index (χ2v) is 6.69. The van der Waals surface area contributed by atoms with E-state index in [0.29, 0.717) is 22.3 Å². The van der Waals surface area contributed by atoms with E-state index in [4.69, 9.17) is 5.73 Å². The van der Waals surface area contributed by atoms with E-state index in [-0.39, 0.29) is 24.7 Å². The second kappa shape index (κ2) is 9.85. The highest BCUT2D eigenvalue weighted by molar-refractivity contribution is 7.99. The van der Waals surface area contributed by atoms with E-state index in [1.165, 1.54) is 0 Å². The molecule has 3 nitrogen and oxygen atoms in total. The van der Waals surface area contributed by atoms with E-state index in [1.54, 1.807) is 18.2 Å². The van der Waals surface area contributed by atoms with Gasteiger partial charge in [0, 0.05) is 17.4 Å². The smallest absolute Gasteiger partial charge is 0.325 e. The molecule has 0 aromatic heterocycles. The molecule has 2 aromatic carbocycles. The van der Waals surface area contributed by atoms with Gasteiger partial charge in [0.25, 0.3) is 0 Å². The Bertz CT molecular complexity index is 726. The number of alkyl halides is 3. The lowest BCUT2D eigenvalue weighted by Gasteiger charge is -2.15. The van der Waals surface area contributed by atoms with Crippen LogP contribution < -0.4 is 11.1 Å². The summed E-state index contributed by atoms with van der Waals surface area (Å²) in [6, 6.07) is 13.7. The average Bonchev–Trinajstić information content (AvgIpc) is 2.54. The van der Waals surface area contributed by atoms with Gasteiger partial charge in [-0.25, -0.2) is 0 Å². The van der Waals surface area contributed by atoms with Crippen LogP contribution in [0.25, 0.3) is 0 Å². The maximum Gasteiger partial charge on any atom is 0.398 e. The second-order valence-electron chi connectivity index (χ2n) is 5.67. The van der Waals surface area contributed by atoms with Gasteiger partial charge >= 0.3 is 6.18 Å². The monoisotopic (exact) mass is 404 g/mol. The Labute approximate surface area is 161 Å². The Morgan fingerprint density at radius 3 is 2.46 bits per heavy atom. The van der Waals surface area contributed by atoms with Gasteiger partial charge in [-0.1, -0.05) is 36.4 Å². The van der Waals surface area contributed by atoms with Crippen LogP contribution in [0.2, 0.25) is 0 Å². The van der Waals surface area contributed by atoms with Gasteiger partial charge in [0.15, 0.2) is 0 Å². The van der Waals surface area contributed by atoms with Crippen LogP contribution in [0, 0.1) is 6.92 Å². The summed E-state index contributed by atoms with van der Waals surface area (Å²) in [5, 5.41) is 2.68. The molecule has 0 aliphatic rings. The number of nitrogens with one attached hydrogen (secondary N) is 1. The minimum absolute atomic E-state index is 0. The fraction of sp³-hybridized carbons (Fsp3) is 0.278. The van der Waals surface area contributed by atoms with Crippen molar-refractivity contribution >= 4 is 35.8 Å². The molecule has 0 radical (unpaired) electrons. The van der Waals surface area contributed by atoms with Crippen molar-refractivity contribution in [1.29, 1.82) is 0 Å². The van der Waals surface area contributed by atoms with E-state index in [2.05, 4.69) is 5.32 Å². The number of rotatable bonds is 6. The van der Waals surface area contributed by atoms with Gasteiger partial charge in [-0.15, -0.1) is 24.2 Å². The molecular weight excluding hydrogens is 385 g/mol. The number of halogens is 4. The number of amides is 1. The van der Waals surface area contributed by atoms with E-state index in [9.17, 15) is 18.0 Å². The number of thioether (sulfide) groups is 1. The van der Waals surface area contributed by atoms with Gasteiger partial charge in [-0.05, 0) is 30.2 Å². The number of benzene rings is 2. The molecule has 0 saturated carbocycles. The Hall–Kier alpha value is -1.70. The molecule has 0 spiro atoms. The highest BCUT2D eigenvalue weighted by Gasteiger charge is 2.27. The molecule has 1 atom stereocenters. The largest absolute Gasteiger partial charge is 0.398 e. The molecule has 0 fully saturated rings. The first kappa shape index (κ1) is 22.3. The molecule has 0 aliphatic carbocycles. The predicted octanol–water partition coefficient (Wildman–Crippen LogP) is 5.10. The number of nitrogens with two attached hydrogens (primary N) is 1. The lowest BCUT2D eigenvalue weighted by Crippen LogP contribution is -2.21. The number of anilines is 1. The van der Waals surface area contributed by atoms with E-state index >= 15 is 0 Å². The summed E-state index contributed by atoms with van der Waals surface area (Å²) in [6.07, 6.45) is -4.23. The number of aryl methyl sites for hydroxylation is 1. The summed E-state index contributed by atoms with van der Waals surface area (Å²) in [5.41, 5.74) is 8.07. The minimum Gasteiger partial charge on any atom is -0.325 e. The zero-order valence-electron chi connectivity index (χ0n) is 14.0. The van der Waals surface area contributed by atoms with Gasteiger partial charge in [0.1, 0.15) is 0 Å². The van der Waals surface area contributed by atoms with Crippen molar-refractivity contribution in [3.05, 3.63) is 59.7 Å². The minimum atomic E-state index is -4.27. The van der Waals surface area contributed by atoms with Crippen LogP contribution in [0.1, 0.15) is 23.6 Å². The Kier molecular flexibility index (Phi) is 8.46. The molecule has 26 heavy (non-hydrogen) atoms. The quantitative estimate of drug-likeness (QED) is 0.658. The molecule has 142 valence electrons. The van der Waals surface area contributed by atoms with Crippen LogP contribution in [0.5, 0.6) is 0 Å². The number of carbonyl (C=O) groups is 1. The zero-order valence-corrected chi connectivity index (χ0v) is 15.7. The van der Waals surface area contributed by atoms with Crippen molar-refractivity contribution in [1.82, 2.24) is 0 Å². The fourth-order valence-corrected chi connectivity index (χ4v) is 2.99. The third kappa shape index (κ3) is 7.27. The fourth-order valence-electron chi connectivity index (χ4n) is 2.25. The first-order valence-electron chi connectivity index (χ1n) is 7.65. The van der Waals surface area contributed by atoms with Crippen molar-refractivity contribution in [2.45, 2.75) is 30.5 Å². The summed E-state index contributed by atoms with van der Waals surface area (Å²) >= 11 is 0.649. The summed E-state index contributed by atoms with van der Waals surface area (Å²) in [6.45, 7) is 1.81. The van der Waals surface area contributed by atoms with E-state index in [1.807, 2.05) is 37.3 Å². The van der Waals surface area contributed by atoms with Crippen molar-refractivity contribution < 1.29 is 18.0 Å². The maximum atomic E-state index is 12.4. The number of hydrogen-bond donors (Lipinski definition) is 2. The zero-order chi connectivity index (χ0) is 18.4. The van der Waals surface area contributed by atoms with Crippen molar-refractivity contribution in [2.75, 3.05) is 11.1 Å². The number of hydrogen-bond acceptors (Lipinski definition) is 3. The van der Waals surface area contributed by atoms with E-state index in [0.717, 1.165) is 11.1 Å². The molecule has 1 unspecified atom stereocenters. The molecule has 0 aliphatic heterocycles. The van der Waals surface area contributed by atoms with Crippen LogP contribution >= 0.6 is 24.2 Å². The van der Waals surface area contributed by atoms with Gasteiger partial charge in [-0.2, -0.15) is 13.2 Å². The Morgan fingerprint density at radius 1 is 1.19 bits per heavy atom. The standard InChI is InChI=1S/C18H19F3N2OS.ClH/c1-12-7-8-16(25-11-18(19,20)21)15(9-12)23-17(24)10-14(22)13-5-3-2-4-6-13;/h2-9,14H,10-11,22H2,1H3,(H,23,24);1H. The molecular formula is C18H20ClF3N2OS. The van der Waals surface area contributed by atoms with Crippen molar-refractivity contribution in [3.63, 3.8) is 0 Å². The molecule has 8 heteroatoms. The molecule has 0 heterocycles. The Balaban J connectivity index is 0.00000338. The van der Waals surface area contributed by atoms with Crippen molar-refractivity contribution in [2.24, 2.45) is 5.73 Å². The van der Waals surface area contributed by atoms with Gasteiger partial charge in [0.2, 0.25) is 5.91 Å². The van der Waals surface area contributed by atoms with Crippen molar-refractivity contribution in [3.8, 4) is 0 Å². The lowest BCUT2D eigenvalue weighted by atomic mass is 10.0. The first-order chi connectivity index (χ1) is 11.7. The third-order valence-corrected chi connectivity index (χ3v) is 4.57. The number of carbonyl (C=O) groups excluding carboxylic acids is 1. The van der Waals surface area contributed by atoms with Crippen LogP contribution in [0.4, 0.5) is 18.9 Å². The summed E-state index contributed by atoms with van der Waals surface area (Å²) < 4.78 is 37.3. The Morgan fingerprint density at radius 2 is 1.85 bits per heavy atom. The lowest BCUT2D eigenvalue weighted by molar-refractivity contribution is -0.116. The normalized spacial score (nSPS) is 12.2. The highest BCUT2D eigenvalue weighted by atomic mass is 35.5. The average molecular weight is 405 g/mol. The van der Waals surface area contributed by atoms with Gasteiger partial charge in [0.05, 0.1) is 11.4 Å². The highest BCUT2D eigenvalue weighted by Crippen LogP contribution is 2.33. The molecule has 1 amide bonds. The van der Waals surface area contributed by atoms with Crippen LogP contribution in [-0.4, -0.2) is 17.8 Å². The van der Waals surface area contributed by atoms with Crippen LogP contribution in [0.15, 0.2) is 53.4 Å². The van der Waals surface area contributed by atoms with Gasteiger partial charge in [-0.3, -0.25) is 4.79 Å². The van der Waals surface area contributed by atoms with Crippen LogP contribution in [0.3, 0.4) is 0 Å². The molecule has 2 aromatic rings.